The number of anilines is 3. The highest BCUT2D eigenvalue weighted by Gasteiger charge is 2.21. The van der Waals surface area contributed by atoms with Gasteiger partial charge in [-0.2, -0.15) is 0 Å². The molecule has 0 radical (unpaired) electrons. The first-order chi connectivity index (χ1) is 27.7. The highest BCUT2D eigenvalue weighted by molar-refractivity contribution is 6.16. The van der Waals surface area contributed by atoms with Gasteiger partial charge in [-0.1, -0.05) is 146 Å². The van der Waals surface area contributed by atoms with Crippen LogP contribution in [0.5, 0.6) is 0 Å². The molecule has 0 unspecified atom stereocenters. The molecular weight excluding hydrogens is 677 g/mol. The van der Waals surface area contributed by atoms with Gasteiger partial charge in [-0.05, 0) is 127 Å². The predicted octanol–water partition coefficient (Wildman–Crippen LogP) is 15.0. The monoisotopic (exact) mass is 712 g/mol. The molecule has 0 saturated carbocycles. The molecule has 2 heteroatoms. The van der Waals surface area contributed by atoms with Crippen molar-refractivity contribution in [2.45, 2.75) is 0 Å². The number of hydrogen-bond donors (Lipinski definition) is 0. The van der Waals surface area contributed by atoms with Gasteiger partial charge in [-0.25, -0.2) is 0 Å². The highest BCUT2D eigenvalue weighted by atomic mass is 15.1. The number of fused-ring (bicyclic) bond motifs is 6. The third-order valence-electron chi connectivity index (χ3n) is 11.3. The van der Waals surface area contributed by atoms with Gasteiger partial charge in [0.25, 0.3) is 0 Å². The average Bonchev–Trinajstić information content (AvgIpc) is 3.61. The standard InChI is InChI=1S/C54H36N2/c1-2-15-47(16-3-1)56-51-18-9-8-17-50(51)54-52(19-10-20-53(54)56)55(49-32-29-38-12-5-7-14-42(38)36-49)48-30-27-39(28-31-48)43-24-22-40-23-26-45(35-46(40)34-43)44-25-21-37-11-4-6-13-41(37)33-44/h1-36H. The lowest BCUT2D eigenvalue weighted by Gasteiger charge is -2.27. The first kappa shape index (κ1) is 32.0. The SMILES string of the molecule is c1ccc(-n2c3ccccc3c3c(N(c4ccc(-c5ccc6ccc(-c7ccc8ccccc8c7)cc6c5)cc4)c4ccc5ccccc5c4)cccc32)cc1. The van der Waals surface area contributed by atoms with Gasteiger partial charge in [0, 0.05) is 27.8 Å². The summed E-state index contributed by atoms with van der Waals surface area (Å²) in [5.41, 5.74) is 11.7. The summed E-state index contributed by atoms with van der Waals surface area (Å²) >= 11 is 0. The fraction of sp³-hybridized carbons (Fsp3) is 0. The Morgan fingerprint density at radius 1 is 0.304 bits per heavy atom. The van der Waals surface area contributed by atoms with E-state index in [1.54, 1.807) is 0 Å². The first-order valence-electron chi connectivity index (χ1n) is 19.3. The third kappa shape index (κ3) is 5.42. The Labute approximate surface area is 325 Å². The van der Waals surface area contributed by atoms with Gasteiger partial charge >= 0.3 is 0 Å². The minimum absolute atomic E-state index is 1.10. The summed E-state index contributed by atoms with van der Waals surface area (Å²) in [6.45, 7) is 0. The first-order valence-corrected chi connectivity index (χ1v) is 19.3. The molecule has 56 heavy (non-hydrogen) atoms. The third-order valence-corrected chi connectivity index (χ3v) is 11.3. The number of para-hydroxylation sites is 2. The van der Waals surface area contributed by atoms with E-state index in [9.17, 15) is 0 Å². The van der Waals surface area contributed by atoms with Gasteiger partial charge < -0.3 is 9.47 Å². The Hall–Kier alpha value is -7.42. The maximum atomic E-state index is 2.43. The van der Waals surface area contributed by atoms with E-state index in [0.29, 0.717) is 0 Å². The molecule has 0 bridgehead atoms. The van der Waals surface area contributed by atoms with Crippen LogP contribution in [0.3, 0.4) is 0 Å². The maximum Gasteiger partial charge on any atom is 0.0562 e. The Kier molecular flexibility index (Phi) is 7.53. The van der Waals surface area contributed by atoms with E-state index >= 15 is 0 Å². The van der Waals surface area contributed by atoms with Gasteiger partial charge in [0.05, 0.1) is 16.7 Å². The molecule has 0 fully saturated rings. The average molecular weight is 713 g/mol. The molecule has 2 nitrogen and oxygen atoms in total. The quantitative estimate of drug-likeness (QED) is 0.167. The van der Waals surface area contributed by atoms with Crippen LogP contribution in [-0.2, 0) is 0 Å². The molecule has 0 aliphatic carbocycles. The lowest BCUT2D eigenvalue weighted by molar-refractivity contribution is 1.18. The van der Waals surface area contributed by atoms with Crippen molar-refractivity contribution >= 4 is 71.2 Å². The molecule has 0 aliphatic rings. The predicted molar refractivity (Wildman–Crippen MR) is 239 cm³/mol. The zero-order valence-corrected chi connectivity index (χ0v) is 30.7. The van der Waals surface area contributed by atoms with Crippen LogP contribution in [0.1, 0.15) is 0 Å². The number of hydrogen-bond acceptors (Lipinski definition) is 1. The summed E-state index contributed by atoms with van der Waals surface area (Å²) in [6.07, 6.45) is 0. The molecule has 0 amide bonds. The molecule has 0 atom stereocenters. The topological polar surface area (TPSA) is 8.17 Å². The van der Waals surface area contributed by atoms with Crippen molar-refractivity contribution in [2.24, 2.45) is 0 Å². The second kappa shape index (κ2) is 13.2. The van der Waals surface area contributed by atoms with Crippen molar-refractivity contribution in [3.63, 3.8) is 0 Å². The molecular formula is C54H36N2. The summed E-state index contributed by atoms with van der Waals surface area (Å²) in [7, 11) is 0. The second-order valence-electron chi connectivity index (χ2n) is 14.6. The van der Waals surface area contributed by atoms with E-state index in [2.05, 4.69) is 228 Å². The summed E-state index contributed by atoms with van der Waals surface area (Å²) in [5, 5.41) is 9.88. The molecule has 1 heterocycles. The Bertz CT molecular complexity index is 3250. The van der Waals surface area contributed by atoms with E-state index in [0.717, 1.165) is 22.7 Å². The van der Waals surface area contributed by atoms with Crippen LogP contribution < -0.4 is 4.90 Å². The normalized spacial score (nSPS) is 11.6. The van der Waals surface area contributed by atoms with Crippen LogP contribution in [0.2, 0.25) is 0 Å². The van der Waals surface area contributed by atoms with Crippen LogP contribution in [0, 0.1) is 0 Å². The van der Waals surface area contributed by atoms with Crippen molar-refractivity contribution in [1.29, 1.82) is 0 Å². The summed E-state index contributed by atoms with van der Waals surface area (Å²) in [4.78, 5) is 2.43. The zero-order valence-electron chi connectivity index (χ0n) is 30.7. The molecule has 0 N–H and O–H groups in total. The van der Waals surface area contributed by atoms with Crippen molar-refractivity contribution in [3.05, 3.63) is 218 Å². The van der Waals surface area contributed by atoms with Crippen LogP contribution in [0.15, 0.2) is 218 Å². The Morgan fingerprint density at radius 3 is 1.52 bits per heavy atom. The van der Waals surface area contributed by atoms with Gasteiger partial charge in [0.1, 0.15) is 0 Å². The van der Waals surface area contributed by atoms with Gasteiger partial charge in [0.15, 0.2) is 0 Å². The number of nitrogens with zero attached hydrogens (tertiary/aromatic N) is 2. The van der Waals surface area contributed by atoms with E-state index in [-0.39, 0.29) is 0 Å². The molecule has 1 aromatic heterocycles. The molecule has 0 spiro atoms. The molecule has 11 aromatic rings. The van der Waals surface area contributed by atoms with Gasteiger partial charge in [0.2, 0.25) is 0 Å². The minimum atomic E-state index is 1.10. The number of benzene rings is 10. The minimum Gasteiger partial charge on any atom is -0.310 e. The fourth-order valence-corrected chi connectivity index (χ4v) is 8.56. The van der Waals surface area contributed by atoms with Crippen LogP contribution in [0.4, 0.5) is 17.1 Å². The summed E-state index contributed by atoms with van der Waals surface area (Å²) in [5.74, 6) is 0. The van der Waals surface area contributed by atoms with Gasteiger partial charge in [-0.3, -0.25) is 0 Å². The van der Waals surface area contributed by atoms with Crippen LogP contribution in [-0.4, -0.2) is 4.57 Å². The van der Waals surface area contributed by atoms with E-state index < -0.39 is 0 Å². The summed E-state index contributed by atoms with van der Waals surface area (Å²) < 4.78 is 2.39. The smallest absolute Gasteiger partial charge is 0.0562 e. The van der Waals surface area contributed by atoms with Crippen molar-refractivity contribution in [3.8, 4) is 27.9 Å². The number of aromatic nitrogens is 1. The number of rotatable bonds is 6. The fourth-order valence-electron chi connectivity index (χ4n) is 8.56. The molecule has 0 saturated heterocycles. The summed E-state index contributed by atoms with van der Waals surface area (Å²) in [6, 6.07) is 79.6. The maximum absolute atomic E-state index is 2.43. The van der Waals surface area contributed by atoms with E-state index in [1.165, 1.54) is 76.4 Å². The largest absolute Gasteiger partial charge is 0.310 e. The highest BCUT2D eigenvalue weighted by Crippen LogP contribution is 2.44. The van der Waals surface area contributed by atoms with E-state index in [1.807, 2.05) is 0 Å². The van der Waals surface area contributed by atoms with Crippen molar-refractivity contribution in [1.82, 2.24) is 4.57 Å². The molecule has 11 rings (SSSR count). The molecule has 0 aliphatic heterocycles. The van der Waals surface area contributed by atoms with Gasteiger partial charge in [-0.15, -0.1) is 0 Å². The van der Waals surface area contributed by atoms with Crippen LogP contribution in [0.25, 0.3) is 82.1 Å². The second-order valence-corrected chi connectivity index (χ2v) is 14.6. The molecule has 10 aromatic carbocycles. The molecule has 262 valence electrons. The lowest BCUT2D eigenvalue weighted by Crippen LogP contribution is -2.10. The Morgan fingerprint density at radius 2 is 0.804 bits per heavy atom. The van der Waals surface area contributed by atoms with Crippen molar-refractivity contribution in [2.75, 3.05) is 4.90 Å². The zero-order chi connectivity index (χ0) is 37.0. The van der Waals surface area contributed by atoms with E-state index in [4.69, 9.17) is 0 Å². The lowest BCUT2D eigenvalue weighted by atomic mass is 9.96. The van der Waals surface area contributed by atoms with Crippen molar-refractivity contribution < 1.29 is 0 Å². The Balaban J connectivity index is 1.04. The van der Waals surface area contributed by atoms with Crippen LogP contribution >= 0.6 is 0 Å².